The Morgan fingerprint density at radius 1 is 1.00 bits per heavy atom. The van der Waals surface area contributed by atoms with Gasteiger partial charge in [-0.05, 0) is 35.6 Å². The topological polar surface area (TPSA) is 66.9 Å². The molecule has 0 saturated carbocycles. The van der Waals surface area contributed by atoms with Crippen LogP contribution in [0, 0.1) is 5.41 Å². The van der Waals surface area contributed by atoms with Crippen LogP contribution in [0.15, 0.2) is 64.6 Å². The van der Waals surface area contributed by atoms with Crippen LogP contribution < -0.4 is 10.9 Å². The molecule has 0 radical (unpaired) electrons. The van der Waals surface area contributed by atoms with Crippen molar-refractivity contribution in [2.24, 2.45) is 5.41 Å². The maximum atomic E-state index is 13.6. The van der Waals surface area contributed by atoms with Crippen molar-refractivity contribution < 1.29 is 4.79 Å². The summed E-state index contributed by atoms with van der Waals surface area (Å²) in [4.78, 5) is 26.9. The largest absolute Gasteiger partial charge is 0.343 e. The highest BCUT2D eigenvalue weighted by molar-refractivity contribution is 6.42. The number of allylic oxidation sites excluding steroid dienone is 2. The summed E-state index contributed by atoms with van der Waals surface area (Å²) in [6, 6.07) is 14.7. The molecule has 2 N–H and O–H groups in total. The minimum atomic E-state index is -0.588. The van der Waals surface area contributed by atoms with Crippen LogP contribution in [0.1, 0.15) is 43.7 Å². The fraction of sp³-hybridized carbons (Fsp3) is 0.250. The monoisotopic (exact) mass is 453 g/mol. The number of aromatic amines is 1. The van der Waals surface area contributed by atoms with Gasteiger partial charge in [-0.1, -0.05) is 67.4 Å². The molecule has 158 valence electrons. The van der Waals surface area contributed by atoms with Gasteiger partial charge in [0.2, 0.25) is 0 Å². The van der Waals surface area contributed by atoms with Crippen molar-refractivity contribution in [3.05, 3.63) is 91.3 Å². The molecule has 0 amide bonds. The molecule has 2 heterocycles. The molecule has 1 atom stereocenters. The number of aromatic nitrogens is 2. The summed E-state index contributed by atoms with van der Waals surface area (Å²) >= 11 is 12.9. The van der Waals surface area contributed by atoms with Gasteiger partial charge in [-0.15, -0.1) is 0 Å². The summed E-state index contributed by atoms with van der Waals surface area (Å²) in [6.45, 7) is 4.15. The molecule has 1 aliphatic heterocycles. The molecule has 3 aromatic rings. The summed E-state index contributed by atoms with van der Waals surface area (Å²) in [6.07, 6.45) is 1.11. The van der Waals surface area contributed by atoms with E-state index in [1.165, 1.54) is 4.68 Å². The number of nitrogens with zero attached hydrogens (tertiary/aromatic N) is 1. The minimum Gasteiger partial charge on any atom is -0.343 e. The molecule has 0 spiro atoms. The second-order valence-electron chi connectivity index (χ2n) is 8.91. The number of halogens is 2. The van der Waals surface area contributed by atoms with E-state index in [4.69, 9.17) is 23.2 Å². The van der Waals surface area contributed by atoms with E-state index in [1.54, 1.807) is 12.1 Å². The van der Waals surface area contributed by atoms with Crippen LogP contribution >= 0.6 is 23.2 Å². The van der Waals surface area contributed by atoms with Crippen LogP contribution in [0.25, 0.3) is 5.69 Å². The van der Waals surface area contributed by atoms with Gasteiger partial charge in [-0.3, -0.25) is 14.7 Å². The number of anilines is 1. The third kappa shape index (κ3) is 3.24. The van der Waals surface area contributed by atoms with Crippen molar-refractivity contribution in [2.75, 3.05) is 5.32 Å². The van der Waals surface area contributed by atoms with Crippen LogP contribution in [0.3, 0.4) is 0 Å². The number of nitrogens with one attached hydrogen (secondary N) is 2. The average Bonchev–Trinajstić information content (AvgIpc) is 3.04. The molecule has 7 heteroatoms. The zero-order chi connectivity index (χ0) is 21.9. The second kappa shape index (κ2) is 7.14. The number of H-pyrrole nitrogens is 1. The predicted molar refractivity (Wildman–Crippen MR) is 123 cm³/mol. The van der Waals surface area contributed by atoms with Crippen LogP contribution in [0.4, 0.5) is 5.82 Å². The highest BCUT2D eigenvalue weighted by atomic mass is 35.5. The van der Waals surface area contributed by atoms with Gasteiger partial charge in [-0.25, -0.2) is 4.68 Å². The summed E-state index contributed by atoms with van der Waals surface area (Å²) in [5, 5.41) is 7.31. The average molecular weight is 454 g/mol. The molecule has 0 saturated heterocycles. The zero-order valence-corrected chi connectivity index (χ0v) is 18.6. The van der Waals surface area contributed by atoms with E-state index in [-0.39, 0.29) is 16.8 Å². The summed E-state index contributed by atoms with van der Waals surface area (Å²) in [7, 11) is 0. The minimum absolute atomic E-state index is 0.0253. The Hall–Kier alpha value is -2.76. The number of benzene rings is 2. The molecule has 0 unspecified atom stereocenters. The molecular formula is C24H21Cl2N3O2. The predicted octanol–water partition coefficient (Wildman–Crippen LogP) is 5.67. The van der Waals surface area contributed by atoms with Crippen LogP contribution in [-0.2, 0) is 4.79 Å². The third-order valence-corrected chi connectivity index (χ3v) is 6.84. The first-order valence-corrected chi connectivity index (χ1v) is 10.9. The smallest absolute Gasteiger partial charge is 0.277 e. The Bertz CT molecular complexity index is 1300. The van der Waals surface area contributed by atoms with Gasteiger partial charge in [0, 0.05) is 23.6 Å². The van der Waals surface area contributed by atoms with Gasteiger partial charge in [-0.2, -0.15) is 0 Å². The maximum absolute atomic E-state index is 13.6. The van der Waals surface area contributed by atoms with Gasteiger partial charge in [0.1, 0.15) is 5.82 Å². The molecule has 2 aliphatic rings. The number of carbonyl (C=O) groups is 1. The lowest BCUT2D eigenvalue weighted by Crippen LogP contribution is -2.35. The number of Topliss-reactive ketones (excluding diaryl/α,β-unsaturated/α-hetero) is 1. The van der Waals surface area contributed by atoms with Crippen LogP contribution in [0.5, 0.6) is 0 Å². The number of fused-ring (bicyclic) bond motifs is 1. The van der Waals surface area contributed by atoms with Crippen molar-refractivity contribution in [1.82, 2.24) is 9.78 Å². The van der Waals surface area contributed by atoms with Gasteiger partial charge in [0.15, 0.2) is 5.78 Å². The summed E-state index contributed by atoms with van der Waals surface area (Å²) in [5.41, 5.74) is 2.88. The van der Waals surface area contributed by atoms with Crippen LogP contribution in [0.2, 0.25) is 10.0 Å². The lowest BCUT2D eigenvalue weighted by Gasteiger charge is -2.38. The fourth-order valence-corrected chi connectivity index (χ4v) is 5.12. The molecule has 5 nitrogen and oxygen atoms in total. The molecule has 31 heavy (non-hydrogen) atoms. The number of carbonyl (C=O) groups excluding carboxylic acids is 1. The first-order chi connectivity index (χ1) is 14.8. The number of hydrogen-bond acceptors (Lipinski definition) is 3. The van der Waals surface area contributed by atoms with E-state index in [1.807, 2.05) is 36.4 Å². The highest BCUT2D eigenvalue weighted by Gasteiger charge is 2.43. The van der Waals surface area contributed by atoms with E-state index < -0.39 is 5.92 Å². The van der Waals surface area contributed by atoms with Crippen LogP contribution in [-0.4, -0.2) is 15.6 Å². The Morgan fingerprint density at radius 3 is 2.48 bits per heavy atom. The van der Waals surface area contributed by atoms with Crippen molar-refractivity contribution in [3.63, 3.8) is 0 Å². The van der Waals surface area contributed by atoms with Gasteiger partial charge in [0.05, 0.1) is 21.3 Å². The number of para-hydroxylation sites is 1. The van der Waals surface area contributed by atoms with Crippen molar-refractivity contribution >= 4 is 34.8 Å². The van der Waals surface area contributed by atoms with Gasteiger partial charge in [0.25, 0.3) is 5.56 Å². The SMILES string of the molecule is CC1(C)CC(=O)C2=C(C1)Nc1[nH]n(-c3ccccc3)c(=O)c1[C@@H]2c1cccc(Cl)c1Cl. The number of ketones is 1. The van der Waals surface area contributed by atoms with Crippen molar-refractivity contribution in [3.8, 4) is 5.69 Å². The van der Waals surface area contributed by atoms with E-state index in [0.29, 0.717) is 51.1 Å². The second-order valence-corrected chi connectivity index (χ2v) is 9.70. The Kier molecular flexibility index (Phi) is 4.65. The van der Waals surface area contributed by atoms with E-state index in [0.717, 1.165) is 5.70 Å². The lowest BCUT2D eigenvalue weighted by atomic mass is 9.69. The van der Waals surface area contributed by atoms with Gasteiger partial charge < -0.3 is 5.32 Å². The lowest BCUT2D eigenvalue weighted by molar-refractivity contribution is -0.118. The van der Waals surface area contributed by atoms with Crippen molar-refractivity contribution in [2.45, 2.75) is 32.6 Å². The standard InChI is InChI=1S/C24H21Cl2N3O2/c1-24(2)11-16-19(17(30)12-24)18(14-9-6-10-15(25)21(14)26)20-22(27-16)28-29(23(20)31)13-7-4-3-5-8-13/h3-10,18,27-28H,11-12H2,1-2H3/t18-/m1/s1. The Morgan fingerprint density at radius 2 is 1.74 bits per heavy atom. The molecule has 1 aliphatic carbocycles. The van der Waals surface area contributed by atoms with E-state index in [2.05, 4.69) is 24.3 Å². The first kappa shape index (κ1) is 20.2. The molecule has 0 fully saturated rings. The summed E-state index contributed by atoms with van der Waals surface area (Å²) in [5.74, 6) is 0.0196. The molecule has 0 bridgehead atoms. The van der Waals surface area contributed by atoms with Crippen molar-refractivity contribution in [1.29, 1.82) is 0 Å². The summed E-state index contributed by atoms with van der Waals surface area (Å²) < 4.78 is 1.50. The normalized spacial score (nSPS) is 19.6. The fourth-order valence-electron chi connectivity index (χ4n) is 4.70. The molecule has 5 rings (SSSR count). The Balaban J connectivity index is 1.79. The van der Waals surface area contributed by atoms with E-state index >= 15 is 0 Å². The zero-order valence-electron chi connectivity index (χ0n) is 17.1. The quantitative estimate of drug-likeness (QED) is 0.524. The number of rotatable bonds is 2. The van der Waals surface area contributed by atoms with E-state index in [9.17, 15) is 9.59 Å². The number of hydrogen-bond donors (Lipinski definition) is 2. The molecular weight excluding hydrogens is 433 g/mol. The maximum Gasteiger partial charge on any atom is 0.277 e. The first-order valence-electron chi connectivity index (χ1n) is 10.1. The Labute approximate surface area is 189 Å². The highest BCUT2D eigenvalue weighted by Crippen LogP contribution is 2.49. The molecule has 1 aromatic heterocycles. The third-order valence-electron chi connectivity index (χ3n) is 6.01. The van der Waals surface area contributed by atoms with Gasteiger partial charge >= 0.3 is 0 Å². The molecule has 2 aromatic carbocycles.